The van der Waals surface area contributed by atoms with Gasteiger partial charge < -0.3 is 14.5 Å². The van der Waals surface area contributed by atoms with Crippen molar-refractivity contribution in [2.45, 2.75) is 0 Å². The van der Waals surface area contributed by atoms with E-state index in [2.05, 4.69) is 11.1 Å². The van der Waals surface area contributed by atoms with Crippen LogP contribution in [-0.2, 0) is 4.79 Å². The normalized spacial score (nSPS) is 14.1. The largest absolute Gasteiger partial charge is 0.484 e. The van der Waals surface area contributed by atoms with Crippen molar-refractivity contribution in [1.29, 1.82) is 5.26 Å². The first-order valence-electron chi connectivity index (χ1n) is 7.93. The summed E-state index contributed by atoms with van der Waals surface area (Å²) < 4.78 is 18.4. The Kier molecular flexibility index (Phi) is 5.09. The van der Waals surface area contributed by atoms with Gasteiger partial charge in [-0.2, -0.15) is 5.26 Å². The summed E-state index contributed by atoms with van der Waals surface area (Å²) in [6, 6.07) is 11.2. The number of anilines is 1. The number of carbonyl (C=O) groups is 1. The lowest BCUT2D eigenvalue weighted by molar-refractivity contribution is -0.133. The monoisotopic (exact) mass is 340 g/mol. The second-order valence-corrected chi connectivity index (χ2v) is 5.63. The van der Waals surface area contributed by atoms with Crippen LogP contribution in [0.25, 0.3) is 0 Å². The molecule has 0 saturated carbocycles. The molecule has 1 saturated heterocycles. The van der Waals surface area contributed by atoms with Crippen LogP contribution in [0.2, 0.25) is 0 Å². The average Bonchev–Trinajstić information content (AvgIpc) is 2.66. The summed E-state index contributed by atoms with van der Waals surface area (Å²) in [4.78, 5) is 20.3. The number of ether oxygens (including phenoxy) is 1. The van der Waals surface area contributed by atoms with Gasteiger partial charge in [-0.25, -0.2) is 9.37 Å². The minimum absolute atomic E-state index is 0.119. The predicted octanol–water partition coefficient (Wildman–Crippen LogP) is 1.82. The fourth-order valence-electron chi connectivity index (χ4n) is 2.64. The summed E-state index contributed by atoms with van der Waals surface area (Å²) in [5, 5.41) is 8.96. The molecule has 3 rings (SSSR count). The molecule has 0 aliphatic carbocycles. The van der Waals surface area contributed by atoms with Crippen LogP contribution in [0.3, 0.4) is 0 Å². The molecule has 1 aromatic carbocycles. The predicted molar refractivity (Wildman–Crippen MR) is 89.6 cm³/mol. The van der Waals surface area contributed by atoms with Gasteiger partial charge in [-0.3, -0.25) is 4.79 Å². The Morgan fingerprint density at radius 2 is 2.04 bits per heavy atom. The Labute approximate surface area is 145 Å². The number of piperazine rings is 1. The molecule has 2 heterocycles. The zero-order valence-corrected chi connectivity index (χ0v) is 13.6. The number of carbonyl (C=O) groups excluding carboxylic acids is 1. The van der Waals surface area contributed by atoms with E-state index in [0.29, 0.717) is 37.5 Å². The summed E-state index contributed by atoms with van der Waals surface area (Å²) in [5.41, 5.74) is 0.562. The zero-order valence-electron chi connectivity index (χ0n) is 13.6. The molecule has 1 aliphatic heterocycles. The van der Waals surface area contributed by atoms with Crippen molar-refractivity contribution in [3.8, 4) is 11.8 Å². The number of rotatable bonds is 4. The van der Waals surface area contributed by atoms with E-state index in [-0.39, 0.29) is 12.5 Å². The number of aromatic nitrogens is 1. The Morgan fingerprint density at radius 3 is 2.76 bits per heavy atom. The molecule has 0 unspecified atom stereocenters. The van der Waals surface area contributed by atoms with Gasteiger partial charge >= 0.3 is 0 Å². The number of amides is 1. The maximum absolute atomic E-state index is 13.1. The Hall–Kier alpha value is -3.14. The summed E-state index contributed by atoms with van der Waals surface area (Å²) >= 11 is 0. The SMILES string of the molecule is N#Cc1ccnc(N2CCN(C(=O)COc3cccc(F)c3)CC2)c1. The van der Waals surface area contributed by atoms with Crippen LogP contribution in [-0.4, -0.2) is 48.6 Å². The van der Waals surface area contributed by atoms with Gasteiger partial charge in [0.25, 0.3) is 5.91 Å². The lowest BCUT2D eigenvalue weighted by Crippen LogP contribution is -2.50. The topological polar surface area (TPSA) is 69.5 Å². The zero-order chi connectivity index (χ0) is 17.6. The van der Waals surface area contributed by atoms with Crippen molar-refractivity contribution in [1.82, 2.24) is 9.88 Å². The molecule has 0 atom stereocenters. The highest BCUT2D eigenvalue weighted by Crippen LogP contribution is 2.16. The Balaban J connectivity index is 1.51. The van der Waals surface area contributed by atoms with Gasteiger partial charge in [0.1, 0.15) is 17.4 Å². The van der Waals surface area contributed by atoms with Crippen LogP contribution >= 0.6 is 0 Å². The van der Waals surface area contributed by atoms with Crippen molar-refractivity contribution in [2.75, 3.05) is 37.7 Å². The molecule has 0 N–H and O–H groups in total. The average molecular weight is 340 g/mol. The second-order valence-electron chi connectivity index (χ2n) is 5.63. The van der Waals surface area contributed by atoms with Gasteiger partial charge in [0.05, 0.1) is 11.6 Å². The van der Waals surface area contributed by atoms with Crippen LogP contribution in [0.15, 0.2) is 42.6 Å². The van der Waals surface area contributed by atoms with Gasteiger partial charge in [-0.05, 0) is 24.3 Å². The molecule has 1 amide bonds. The number of halogens is 1. The standard InChI is InChI=1S/C18H17FN4O2/c19-15-2-1-3-16(11-15)25-13-18(24)23-8-6-22(7-9-23)17-10-14(12-20)4-5-21-17/h1-5,10-11H,6-9,13H2. The summed E-state index contributed by atoms with van der Waals surface area (Å²) in [6.07, 6.45) is 1.61. The highest BCUT2D eigenvalue weighted by Gasteiger charge is 2.22. The number of hydrogen-bond donors (Lipinski definition) is 0. The lowest BCUT2D eigenvalue weighted by Gasteiger charge is -2.35. The first-order chi connectivity index (χ1) is 12.2. The third-order valence-electron chi connectivity index (χ3n) is 3.99. The van der Waals surface area contributed by atoms with E-state index in [1.54, 1.807) is 29.3 Å². The number of pyridine rings is 1. The highest BCUT2D eigenvalue weighted by molar-refractivity contribution is 5.78. The van der Waals surface area contributed by atoms with E-state index in [4.69, 9.17) is 10.00 Å². The van der Waals surface area contributed by atoms with Crippen molar-refractivity contribution in [3.63, 3.8) is 0 Å². The van der Waals surface area contributed by atoms with Gasteiger partial charge in [0, 0.05) is 38.4 Å². The summed E-state index contributed by atoms with van der Waals surface area (Å²) in [5.74, 6) is 0.542. The maximum atomic E-state index is 13.1. The fraction of sp³-hybridized carbons (Fsp3) is 0.278. The molecule has 1 fully saturated rings. The van der Waals surface area contributed by atoms with Gasteiger partial charge in [-0.1, -0.05) is 6.07 Å². The molecule has 1 aliphatic rings. The van der Waals surface area contributed by atoms with Crippen LogP contribution in [0, 0.1) is 17.1 Å². The van der Waals surface area contributed by atoms with E-state index in [0.717, 1.165) is 5.82 Å². The Bertz CT molecular complexity index is 798. The molecular weight excluding hydrogens is 323 g/mol. The molecule has 0 spiro atoms. The van der Waals surface area contributed by atoms with Crippen LogP contribution in [0.4, 0.5) is 10.2 Å². The van der Waals surface area contributed by atoms with Crippen molar-refractivity contribution < 1.29 is 13.9 Å². The summed E-state index contributed by atoms with van der Waals surface area (Å²) in [6.45, 7) is 2.24. The molecule has 0 bridgehead atoms. The third-order valence-corrected chi connectivity index (χ3v) is 3.99. The molecular formula is C18H17FN4O2. The van der Waals surface area contributed by atoms with Crippen molar-refractivity contribution in [3.05, 3.63) is 54.0 Å². The maximum Gasteiger partial charge on any atom is 0.260 e. The Morgan fingerprint density at radius 1 is 1.24 bits per heavy atom. The van der Waals surface area contributed by atoms with Crippen molar-refractivity contribution in [2.24, 2.45) is 0 Å². The molecule has 6 nitrogen and oxygen atoms in total. The molecule has 1 aromatic heterocycles. The van der Waals surface area contributed by atoms with E-state index < -0.39 is 5.82 Å². The smallest absolute Gasteiger partial charge is 0.260 e. The van der Waals surface area contributed by atoms with Gasteiger partial charge in [-0.15, -0.1) is 0 Å². The van der Waals surface area contributed by atoms with E-state index >= 15 is 0 Å². The first-order valence-corrected chi connectivity index (χ1v) is 7.93. The molecule has 2 aromatic rings. The first kappa shape index (κ1) is 16.7. The molecule has 0 radical (unpaired) electrons. The molecule has 128 valence electrons. The van der Waals surface area contributed by atoms with Crippen molar-refractivity contribution >= 4 is 11.7 Å². The quantitative estimate of drug-likeness (QED) is 0.849. The highest BCUT2D eigenvalue weighted by atomic mass is 19.1. The number of benzene rings is 1. The number of nitriles is 1. The van der Waals surface area contributed by atoms with Crippen LogP contribution in [0.1, 0.15) is 5.56 Å². The number of nitrogens with zero attached hydrogens (tertiary/aromatic N) is 4. The van der Waals surface area contributed by atoms with E-state index in [9.17, 15) is 9.18 Å². The number of hydrogen-bond acceptors (Lipinski definition) is 5. The third kappa shape index (κ3) is 4.23. The minimum Gasteiger partial charge on any atom is -0.484 e. The second kappa shape index (κ2) is 7.62. The van der Waals surface area contributed by atoms with Gasteiger partial charge in [0.15, 0.2) is 6.61 Å². The van der Waals surface area contributed by atoms with Gasteiger partial charge in [0.2, 0.25) is 0 Å². The fourth-order valence-corrected chi connectivity index (χ4v) is 2.64. The summed E-state index contributed by atoms with van der Waals surface area (Å²) in [7, 11) is 0. The molecule has 7 heteroatoms. The van der Waals surface area contributed by atoms with E-state index in [1.807, 2.05) is 4.90 Å². The lowest BCUT2D eigenvalue weighted by atomic mass is 10.2. The van der Waals surface area contributed by atoms with Crippen LogP contribution < -0.4 is 9.64 Å². The van der Waals surface area contributed by atoms with Crippen LogP contribution in [0.5, 0.6) is 5.75 Å². The molecule has 25 heavy (non-hydrogen) atoms. The minimum atomic E-state index is -0.398. The van der Waals surface area contributed by atoms with E-state index in [1.165, 1.54) is 18.2 Å².